The number of rotatable bonds is 1. The summed E-state index contributed by atoms with van der Waals surface area (Å²) in [5.74, 6) is 0.780. The molecule has 9 nitrogen and oxygen atoms in total. The number of likely N-dealkylation sites (N-methyl/N-ethyl adjacent to an activating group) is 1. The Labute approximate surface area is 235 Å². The van der Waals surface area contributed by atoms with Crippen LogP contribution in [0.4, 0.5) is 19.1 Å². The van der Waals surface area contributed by atoms with E-state index in [1.165, 1.54) is 6.20 Å². The number of nitrogens with zero attached hydrogens (tertiary/aromatic N) is 5. The van der Waals surface area contributed by atoms with Crippen LogP contribution in [0.5, 0.6) is 0 Å². The minimum Gasteiger partial charge on any atom is -0.378 e. The third-order valence-electron chi connectivity index (χ3n) is 8.10. The molecule has 13 heteroatoms. The number of aromatic amines is 1. The van der Waals surface area contributed by atoms with E-state index < -0.39 is 18.9 Å². The molecule has 2 aliphatic heterocycles. The number of fused-ring (bicyclic) bond motifs is 6. The molecule has 3 aromatic heterocycles. The Morgan fingerprint density at radius 3 is 2.68 bits per heavy atom. The number of benzene rings is 1. The van der Waals surface area contributed by atoms with Crippen LogP contribution in [0.15, 0.2) is 36.9 Å². The third-order valence-corrected chi connectivity index (χ3v) is 9.64. The number of aromatic nitrogens is 5. The summed E-state index contributed by atoms with van der Waals surface area (Å²) < 4.78 is 64.3. The second-order valence-corrected chi connectivity index (χ2v) is 14.4. The number of hydrogen-bond donors (Lipinski definition) is 2. The number of ether oxygens (including phenoxy) is 1. The molecule has 1 aliphatic carbocycles. The highest BCUT2D eigenvalue weighted by Crippen LogP contribution is 2.44. The lowest BCUT2D eigenvalue weighted by atomic mass is 10.0. The van der Waals surface area contributed by atoms with E-state index in [9.17, 15) is 17.7 Å². The number of H-pyrrole nitrogens is 1. The summed E-state index contributed by atoms with van der Waals surface area (Å²) in [4.78, 5) is 18.4. The van der Waals surface area contributed by atoms with E-state index >= 15 is 0 Å². The van der Waals surface area contributed by atoms with Crippen LogP contribution in [0.25, 0.3) is 33.5 Å². The molecule has 2 N–H and O–H groups in total. The van der Waals surface area contributed by atoms with E-state index in [2.05, 4.69) is 37.2 Å². The molecule has 41 heavy (non-hydrogen) atoms. The van der Waals surface area contributed by atoms with Gasteiger partial charge in [0.2, 0.25) is 5.95 Å². The summed E-state index contributed by atoms with van der Waals surface area (Å²) in [5.41, 5.74) is 0.299. The molecule has 3 aliphatic rings. The Morgan fingerprint density at radius 1 is 1.10 bits per heavy atom. The standard InChI is InChI=1S/C28H33F3N7O2P/c1-37-10-12-40-13-11-38-9-8-32-26(38)20-7-6-19-21(15-33-24(19)25(20)41(2,3)39)23-22(28(29,30)31)16-34-27(36-23)35-17-4-5-18(37)14-17/h6-9,15-18,33H,4-5,10-14H2,1-3H3,(H,34,35,36)/t17-,18-/m0/s1. The summed E-state index contributed by atoms with van der Waals surface area (Å²) in [6.07, 6.45) is 3.89. The van der Waals surface area contributed by atoms with Crippen LogP contribution < -0.4 is 10.6 Å². The predicted octanol–water partition coefficient (Wildman–Crippen LogP) is 5.05. The Hall–Kier alpha value is -3.21. The molecule has 0 amide bonds. The number of imidazole rings is 1. The first-order valence-electron chi connectivity index (χ1n) is 13.7. The summed E-state index contributed by atoms with van der Waals surface area (Å²) in [7, 11) is -0.873. The first-order chi connectivity index (χ1) is 19.5. The Morgan fingerprint density at radius 2 is 1.90 bits per heavy atom. The fourth-order valence-corrected chi connectivity index (χ4v) is 7.52. The van der Waals surface area contributed by atoms with Crippen molar-refractivity contribution >= 4 is 29.3 Å². The van der Waals surface area contributed by atoms with Crippen LogP contribution in [0.2, 0.25) is 0 Å². The lowest BCUT2D eigenvalue weighted by Gasteiger charge is -2.24. The Bertz CT molecular complexity index is 1630. The Balaban J connectivity index is 1.54. The van der Waals surface area contributed by atoms with Crippen LogP contribution >= 0.6 is 7.14 Å². The van der Waals surface area contributed by atoms with Gasteiger partial charge in [0.15, 0.2) is 0 Å². The highest BCUT2D eigenvalue weighted by atomic mass is 31.2. The predicted molar refractivity (Wildman–Crippen MR) is 153 cm³/mol. The van der Waals surface area contributed by atoms with Crippen molar-refractivity contribution in [3.8, 4) is 22.6 Å². The molecule has 1 aromatic carbocycles. The SMILES string of the molecule is CN1CCOCCn2ccnc2-c2ccc3c(c[nH]c3c2P(C)(C)=O)-c2nc(ncc2C(F)(F)F)N[C@H]2CC[C@H]1C2. The largest absolute Gasteiger partial charge is 0.419 e. The number of nitrogens with one attached hydrogen (secondary N) is 2. The second kappa shape index (κ2) is 10.6. The van der Waals surface area contributed by atoms with Gasteiger partial charge < -0.3 is 29.1 Å². The van der Waals surface area contributed by atoms with E-state index in [-0.39, 0.29) is 23.2 Å². The molecule has 0 spiro atoms. The summed E-state index contributed by atoms with van der Waals surface area (Å²) in [6.45, 7) is 5.68. The van der Waals surface area contributed by atoms with Crippen molar-refractivity contribution in [1.29, 1.82) is 0 Å². The zero-order valence-electron chi connectivity index (χ0n) is 23.2. The van der Waals surface area contributed by atoms with Crippen molar-refractivity contribution in [2.75, 3.05) is 45.5 Å². The average Bonchev–Trinajstić information content (AvgIpc) is 3.66. The molecule has 5 heterocycles. The van der Waals surface area contributed by atoms with Crippen molar-refractivity contribution in [1.82, 2.24) is 29.4 Å². The van der Waals surface area contributed by atoms with E-state index in [1.54, 1.807) is 31.7 Å². The average molecular weight is 588 g/mol. The van der Waals surface area contributed by atoms with Gasteiger partial charge in [-0.1, -0.05) is 6.07 Å². The summed E-state index contributed by atoms with van der Waals surface area (Å²) >= 11 is 0. The van der Waals surface area contributed by atoms with Crippen molar-refractivity contribution in [3.05, 3.63) is 42.5 Å². The number of alkyl halides is 3. The van der Waals surface area contributed by atoms with Gasteiger partial charge in [-0.3, -0.25) is 0 Å². The molecular weight excluding hydrogens is 554 g/mol. The summed E-state index contributed by atoms with van der Waals surface area (Å²) in [6, 6.07) is 3.90. The van der Waals surface area contributed by atoms with Crippen LogP contribution in [-0.2, 0) is 22.0 Å². The first-order valence-corrected chi connectivity index (χ1v) is 16.3. The molecule has 0 saturated heterocycles. The van der Waals surface area contributed by atoms with Crippen LogP contribution in [0.3, 0.4) is 0 Å². The molecule has 8 bridgehead atoms. The van der Waals surface area contributed by atoms with Gasteiger partial charge in [0.1, 0.15) is 18.5 Å². The third kappa shape index (κ3) is 5.40. The zero-order chi connectivity index (χ0) is 28.9. The van der Waals surface area contributed by atoms with Gasteiger partial charge >= 0.3 is 6.18 Å². The van der Waals surface area contributed by atoms with E-state index in [1.807, 2.05) is 10.8 Å². The van der Waals surface area contributed by atoms with Gasteiger partial charge in [0.25, 0.3) is 0 Å². The highest BCUT2D eigenvalue weighted by molar-refractivity contribution is 7.70. The molecule has 0 radical (unpaired) electrons. The molecule has 7 rings (SSSR count). The lowest BCUT2D eigenvalue weighted by Crippen LogP contribution is -2.33. The minimum absolute atomic E-state index is 0.0430. The van der Waals surface area contributed by atoms with Crippen LogP contribution in [0.1, 0.15) is 24.8 Å². The van der Waals surface area contributed by atoms with Crippen molar-refractivity contribution < 1.29 is 22.5 Å². The molecule has 1 fully saturated rings. The summed E-state index contributed by atoms with van der Waals surface area (Å²) in [5, 5.41) is 4.31. The van der Waals surface area contributed by atoms with Crippen LogP contribution in [0, 0.1) is 0 Å². The lowest BCUT2D eigenvalue weighted by molar-refractivity contribution is -0.137. The monoisotopic (exact) mass is 587 g/mol. The van der Waals surface area contributed by atoms with Gasteiger partial charge in [-0.05, 0) is 45.7 Å². The topological polar surface area (TPSA) is 101 Å². The molecule has 218 valence electrons. The number of halogens is 3. The molecule has 2 atom stereocenters. The maximum absolute atomic E-state index is 14.2. The van der Waals surface area contributed by atoms with Gasteiger partial charge in [-0.2, -0.15) is 13.2 Å². The van der Waals surface area contributed by atoms with Crippen molar-refractivity contribution in [2.45, 2.75) is 44.1 Å². The molecular formula is C28H33F3N7O2P. The fraction of sp³-hybridized carbons (Fsp3) is 0.464. The normalized spacial score (nSPS) is 20.8. The van der Waals surface area contributed by atoms with Gasteiger partial charge in [0, 0.05) is 71.8 Å². The maximum Gasteiger partial charge on any atom is 0.419 e. The van der Waals surface area contributed by atoms with Gasteiger partial charge in [-0.15, -0.1) is 0 Å². The van der Waals surface area contributed by atoms with Gasteiger partial charge in [-0.25, -0.2) is 15.0 Å². The minimum atomic E-state index is -4.66. The smallest absolute Gasteiger partial charge is 0.378 e. The highest BCUT2D eigenvalue weighted by Gasteiger charge is 2.37. The van der Waals surface area contributed by atoms with E-state index in [0.717, 1.165) is 32.0 Å². The molecule has 1 saturated carbocycles. The second-order valence-electron chi connectivity index (χ2n) is 11.2. The van der Waals surface area contributed by atoms with E-state index in [0.29, 0.717) is 53.4 Å². The van der Waals surface area contributed by atoms with Gasteiger partial charge in [0.05, 0.1) is 24.4 Å². The first kappa shape index (κ1) is 27.9. The molecule has 4 aromatic rings. The van der Waals surface area contributed by atoms with Crippen LogP contribution in [-0.4, -0.2) is 81.6 Å². The molecule has 0 unspecified atom stereocenters. The maximum atomic E-state index is 14.2. The fourth-order valence-electron chi connectivity index (χ4n) is 6.05. The number of anilines is 1. The van der Waals surface area contributed by atoms with Crippen molar-refractivity contribution in [2.24, 2.45) is 0 Å². The van der Waals surface area contributed by atoms with E-state index in [4.69, 9.17) is 4.74 Å². The number of hydrogen-bond acceptors (Lipinski definition) is 7. The van der Waals surface area contributed by atoms with Crippen molar-refractivity contribution in [3.63, 3.8) is 0 Å². The Kier molecular flexibility index (Phi) is 7.20. The zero-order valence-corrected chi connectivity index (χ0v) is 24.1. The quantitative estimate of drug-likeness (QED) is 0.301.